The van der Waals surface area contributed by atoms with E-state index >= 15 is 0 Å². The summed E-state index contributed by atoms with van der Waals surface area (Å²) >= 11 is 12.0. The Hall–Kier alpha value is -2.49. The second-order valence-corrected chi connectivity index (χ2v) is 7.74. The van der Waals surface area contributed by atoms with Crippen molar-refractivity contribution < 1.29 is 14.3 Å². The summed E-state index contributed by atoms with van der Waals surface area (Å²) in [6, 6.07) is 4.60. The van der Waals surface area contributed by atoms with E-state index in [0.29, 0.717) is 5.02 Å². The first kappa shape index (κ1) is 23.8. The van der Waals surface area contributed by atoms with Crippen LogP contribution in [0.3, 0.4) is 0 Å². The molecule has 0 aliphatic heterocycles. The van der Waals surface area contributed by atoms with Crippen molar-refractivity contribution in [3.8, 4) is 5.75 Å². The molecule has 1 heterocycles. The van der Waals surface area contributed by atoms with Crippen LogP contribution >= 0.6 is 23.2 Å². The van der Waals surface area contributed by atoms with Crippen LogP contribution in [-0.2, 0) is 16.1 Å². The van der Waals surface area contributed by atoms with Crippen molar-refractivity contribution >= 4 is 40.6 Å². The van der Waals surface area contributed by atoms with E-state index in [1.807, 2.05) is 13.8 Å². The summed E-state index contributed by atoms with van der Waals surface area (Å²) in [6.07, 6.45) is 0. The first-order chi connectivity index (χ1) is 14.1. The van der Waals surface area contributed by atoms with Gasteiger partial charge in [0.2, 0.25) is 0 Å². The van der Waals surface area contributed by atoms with Gasteiger partial charge in [-0.1, -0.05) is 37.0 Å². The number of anilines is 2. The molecule has 0 saturated carbocycles. The van der Waals surface area contributed by atoms with Gasteiger partial charge in [-0.05, 0) is 18.1 Å². The van der Waals surface area contributed by atoms with Crippen molar-refractivity contribution in [2.24, 2.45) is 5.92 Å². The molecule has 9 nitrogen and oxygen atoms in total. The number of benzene rings is 1. The largest absolute Gasteiger partial charge is 0.482 e. The first-order valence-corrected chi connectivity index (χ1v) is 9.91. The van der Waals surface area contributed by atoms with Gasteiger partial charge in [-0.2, -0.15) is 0 Å². The molecule has 1 amide bonds. The van der Waals surface area contributed by atoms with Crippen molar-refractivity contribution in [2.45, 2.75) is 20.4 Å². The molecule has 0 unspecified atom stereocenters. The number of H-pyrrole nitrogens is 1. The van der Waals surface area contributed by atoms with E-state index in [4.69, 9.17) is 38.4 Å². The van der Waals surface area contributed by atoms with Crippen LogP contribution in [0, 0.1) is 5.92 Å². The van der Waals surface area contributed by atoms with E-state index in [9.17, 15) is 14.4 Å². The van der Waals surface area contributed by atoms with Crippen LogP contribution in [0.25, 0.3) is 0 Å². The number of methoxy groups -OCH3 is 1. The zero-order valence-electron chi connectivity index (χ0n) is 16.9. The molecule has 30 heavy (non-hydrogen) atoms. The van der Waals surface area contributed by atoms with Gasteiger partial charge >= 0.3 is 5.69 Å². The topological polar surface area (TPSA) is 120 Å². The zero-order valence-corrected chi connectivity index (χ0v) is 18.4. The number of nitrogens with two attached hydrogens (primary N) is 1. The number of nitrogen functional groups attached to an aromatic ring is 1. The van der Waals surface area contributed by atoms with Gasteiger partial charge in [0.25, 0.3) is 11.5 Å². The third-order valence-electron chi connectivity index (χ3n) is 4.10. The number of carbonyl (C=O) groups excluding carboxylic acids is 1. The number of nitrogens with one attached hydrogen (secondary N) is 1. The number of rotatable bonds is 9. The maximum absolute atomic E-state index is 12.9. The predicted octanol–water partition coefficient (Wildman–Crippen LogP) is 2.14. The van der Waals surface area contributed by atoms with Crippen LogP contribution in [0.1, 0.15) is 13.8 Å². The normalized spacial score (nSPS) is 11.0. The highest BCUT2D eigenvalue weighted by Gasteiger charge is 2.25. The molecule has 2 rings (SSSR count). The van der Waals surface area contributed by atoms with Gasteiger partial charge in [-0.25, -0.2) is 4.79 Å². The smallest absolute Gasteiger partial charge is 0.330 e. The summed E-state index contributed by atoms with van der Waals surface area (Å²) in [4.78, 5) is 41.0. The minimum absolute atomic E-state index is 0.0230. The minimum Gasteiger partial charge on any atom is -0.482 e. The number of carbonyl (C=O) groups is 1. The maximum atomic E-state index is 12.9. The second-order valence-electron chi connectivity index (χ2n) is 6.90. The van der Waals surface area contributed by atoms with Crippen molar-refractivity contribution in [1.29, 1.82) is 0 Å². The number of halogens is 2. The SMILES string of the molecule is COCCN(C(=O)COc1cc(Cl)ccc1Cl)c1c(N)n(CC(C)C)c(=O)[nH]c1=O. The molecule has 3 N–H and O–H groups in total. The van der Waals surface area contributed by atoms with Crippen LogP contribution in [0.4, 0.5) is 11.5 Å². The monoisotopic (exact) mass is 458 g/mol. The van der Waals surface area contributed by atoms with Crippen molar-refractivity contribution in [1.82, 2.24) is 9.55 Å². The van der Waals surface area contributed by atoms with Crippen molar-refractivity contribution in [3.05, 3.63) is 49.1 Å². The summed E-state index contributed by atoms with van der Waals surface area (Å²) in [7, 11) is 1.46. The Balaban J connectivity index is 2.39. The molecule has 0 atom stereocenters. The fourth-order valence-electron chi connectivity index (χ4n) is 2.73. The van der Waals surface area contributed by atoms with Crippen LogP contribution in [0.2, 0.25) is 10.0 Å². The van der Waals surface area contributed by atoms with Crippen molar-refractivity contribution in [3.63, 3.8) is 0 Å². The van der Waals surface area contributed by atoms with Crippen LogP contribution < -0.4 is 26.6 Å². The Morgan fingerprint density at radius 1 is 1.30 bits per heavy atom. The summed E-state index contributed by atoms with van der Waals surface area (Å²) in [5.74, 6) is -0.381. The lowest BCUT2D eigenvalue weighted by Crippen LogP contribution is -2.44. The molecule has 0 saturated heterocycles. The van der Waals surface area contributed by atoms with E-state index in [1.54, 1.807) is 6.07 Å². The van der Waals surface area contributed by atoms with Gasteiger partial charge in [-0.15, -0.1) is 0 Å². The molecule has 164 valence electrons. The molecule has 0 fully saturated rings. The molecule has 1 aromatic carbocycles. The van der Waals surface area contributed by atoms with E-state index in [-0.39, 0.29) is 47.9 Å². The Morgan fingerprint density at radius 3 is 2.63 bits per heavy atom. The number of hydrogen-bond acceptors (Lipinski definition) is 6. The number of amides is 1. The van der Waals surface area contributed by atoms with Gasteiger partial charge < -0.3 is 15.2 Å². The van der Waals surface area contributed by atoms with Crippen LogP contribution in [0.15, 0.2) is 27.8 Å². The summed E-state index contributed by atoms with van der Waals surface area (Å²) in [6.45, 7) is 3.78. The summed E-state index contributed by atoms with van der Waals surface area (Å²) < 4.78 is 11.8. The zero-order chi connectivity index (χ0) is 22.4. The third kappa shape index (κ3) is 5.78. The Labute approximate surface area is 183 Å². The van der Waals surface area contributed by atoms with E-state index in [1.165, 1.54) is 23.8 Å². The summed E-state index contributed by atoms with van der Waals surface area (Å²) in [5.41, 5.74) is 4.57. The number of ether oxygens (including phenoxy) is 2. The number of nitrogens with zero attached hydrogens (tertiary/aromatic N) is 2. The predicted molar refractivity (Wildman–Crippen MR) is 117 cm³/mol. The van der Waals surface area contributed by atoms with Crippen LogP contribution in [0.5, 0.6) is 5.75 Å². The standard InChI is InChI=1S/C19H24Cl2N4O5/c1-11(2)9-25-17(22)16(18(27)23-19(25)28)24(6-7-29-3)15(26)10-30-14-8-12(20)4-5-13(14)21/h4-5,8,11H,6-7,9-10,22H2,1-3H3,(H,23,27,28). The Morgan fingerprint density at radius 2 is 2.00 bits per heavy atom. The van der Waals surface area contributed by atoms with Crippen molar-refractivity contribution in [2.75, 3.05) is 37.5 Å². The van der Waals surface area contributed by atoms with Gasteiger partial charge in [0, 0.05) is 31.3 Å². The number of aromatic nitrogens is 2. The van der Waals surface area contributed by atoms with Gasteiger partial charge in [0.15, 0.2) is 12.3 Å². The molecule has 0 aliphatic rings. The average Bonchev–Trinajstić information content (AvgIpc) is 2.67. The van der Waals surface area contributed by atoms with E-state index < -0.39 is 23.8 Å². The number of aromatic amines is 1. The van der Waals surface area contributed by atoms with Gasteiger partial charge in [0.05, 0.1) is 11.6 Å². The molecular formula is C19H24Cl2N4O5. The lowest BCUT2D eigenvalue weighted by molar-refractivity contribution is -0.120. The quantitative estimate of drug-likeness (QED) is 0.593. The maximum Gasteiger partial charge on any atom is 0.330 e. The highest BCUT2D eigenvalue weighted by atomic mass is 35.5. The fourth-order valence-corrected chi connectivity index (χ4v) is 3.07. The second kappa shape index (κ2) is 10.5. The molecule has 1 aromatic heterocycles. The molecule has 0 spiro atoms. The molecule has 2 aromatic rings. The Bertz CT molecular complexity index is 1020. The first-order valence-electron chi connectivity index (χ1n) is 9.15. The Kier molecular flexibility index (Phi) is 8.33. The highest BCUT2D eigenvalue weighted by molar-refractivity contribution is 6.34. The lowest BCUT2D eigenvalue weighted by Gasteiger charge is -2.24. The summed E-state index contributed by atoms with van der Waals surface area (Å²) in [5, 5.41) is 0.665. The highest BCUT2D eigenvalue weighted by Crippen LogP contribution is 2.28. The lowest BCUT2D eigenvalue weighted by atomic mass is 10.2. The fraction of sp³-hybridized carbons (Fsp3) is 0.421. The average molecular weight is 459 g/mol. The van der Waals surface area contributed by atoms with E-state index in [2.05, 4.69) is 4.98 Å². The molecule has 11 heteroatoms. The van der Waals surface area contributed by atoms with Crippen LogP contribution in [-0.4, -0.2) is 42.3 Å². The molecule has 0 radical (unpaired) electrons. The molecule has 0 aliphatic carbocycles. The molecule has 0 bridgehead atoms. The molecular weight excluding hydrogens is 435 g/mol. The third-order valence-corrected chi connectivity index (χ3v) is 4.64. The minimum atomic E-state index is -0.775. The van der Waals surface area contributed by atoms with Gasteiger partial charge in [-0.3, -0.25) is 24.0 Å². The van der Waals surface area contributed by atoms with E-state index in [0.717, 1.165) is 4.90 Å². The van der Waals surface area contributed by atoms with Gasteiger partial charge in [0.1, 0.15) is 11.6 Å². The number of hydrogen-bond donors (Lipinski definition) is 2.